The van der Waals surface area contributed by atoms with Crippen LogP contribution in [0.15, 0.2) is 47.4 Å². The molecule has 0 aliphatic carbocycles. The third kappa shape index (κ3) is 5.25. The summed E-state index contributed by atoms with van der Waals surface area (Å²) in [4.78, 5) is 14.3. The molecule has 3 rings (SSSR count). The first-order valence-corrected chi connectivity index (χ1v) is 10.5. The van der Waals surface area contributed by atoms with Crippen molar-refractivity contribution in [3.63, 3.8) is 0 Å². The number of methoxy groups -OCH3 is 2. The Morgan fingerprint density at radius 2 is 1.77 bits per heavy atom. The van der Waals surface area contributed by atoms with Gasteiger partial charge in [0.15, 0.2) is 11.5 Å². The molecule has 1 fully saturated rings. The lowest BCUT2D eigenvalue weighted by atomic mass is 10.1. The van der Waals surface area contributed by atoms with Gasteiger partial charge in [-0.25, -0.2) is 0 Å². The molecule has 158 valence electrons. The summed E-state index contributed by atoms with van der Waals surface area (Å²) in [5, 5.41) is 0. The lowest BCUT2D eigenvalue weighted by Gasteiger charge is -2.14. The van der Waals surface area contributed by atoms with E-state index in [2.05, 4.69) is 0 Å². The molecule has 2 aromatic rings. The largest absolute Gasteiger partial charge is 0.497 e. The topological polar surface area (TPSA) is 57.2 Å². The molecule has 0 spiro atoms. The van der Waals surface area contributed by atoms with Crippen LogP contribution in [0.25, 0.3) is 6.08 Å². The molecule has 1 amide bonds. The van der Waals surface area contributed by atoms with Gasteiger partial charge in [-0.1, -0.05) is 42.2 Å². The summed E-state index contributed by atoms with van der Waals surface area (Å²) in [5.74, 6) is 2.56. The number of hydrogen-bond donors (Lipinski definition) is 0. The normalized spacial score (nSPS) is 14.9. The average Bonchev–Trinajstić information content (AvgIpc) is 3.00. The minimum atomic E-state index is -0.120. The summed E-state index contributed by atoms with van der Waals surface area (Å²) < 4.78 is 22.9. The number of thiocarbonyl (C=S) groups is 1. The third-order valence-electron chi connectivity index (χ3n) is 4.35. The number of hydrogen-bond acceptors (Lipinski definition) is 7. The van der Waals surface area contributed by atoms with Gasteiger partial charge in [0.2, 0.25) is 0 Å². The molecule has 1 heterocycles. The van der Waals surface area contributed by atoms with E-state index in [0.717, 1.165) is 17.1 Å². The van der Waals surface area contributed by atoms with E-state index in [0.29, 0.717) is 40.4 Å². The summed E-state index contributed by atoms with van der Waals surface area (Å²) in [7, 11) is 4.88. The van der Waals surface area contributed by atoms with Gasteiger partial charge in [0, 0.05) is 25.1 Å². The zero-order valence-corrected chi connectivity index (χ0v) is 18.7. The van der Waals surface area contributed by atoms with Crippen molar-refractivity contribution >= 4 is 40.3 Å². The lowest BCUT2D eigenvalue weighted by Crippen LogP contribution is -2.22. The SMILES string of the molecule is COc1cccc(OCCCOc2c(/C=C3/SC(=S)N(C)C3=O)cccc2OC)c1. The summed E-state index contributed by atoms with van der Waals surface area (Å²) in [6, 6.07) is 13.0. The van der Waals surface area contributed by atoms with E-state index in [1.807, 2.05) is 42.5 Å². The molecular weight excluding hydrogens is 422 g/mol. The number of carbonyl (C=O) groups excluding carboxylic acids is 1. The summed E-state index contributed by atoms with van der Waals surface area (Å²) in [5.41, 5.74) is 0.761. The van der Waals surface area contributed by atoms with Gasteiger partial charge in [-0.05, 0) is 24.3 Å². The Morgan fingerprint density at radius 3 is 2.47 bits per heavy atom. The van der Waals surface area contributed by atoms with Gasteiger partial charge in [-0.2, -0.15) is 0 Å². The number of amides is 1. The maximum absolute atomic E-state index is 12.3. The summed E-state index contributed by atoms with van der Waals surface area (Å²) >= 11 is 6.47. The molecule has 0 unspecified atom stereocenters. The van der Waals surface area contributed by atoms with Crippen molar-refractivity contribution in [1.82, 2.24) is 4.90 Å². The van der Waals surface area contributed by atoms with Crippen molar-refractivity contribution < 1.29 is 23.7 Å². The summed E-state index contributed by atoms with van der Waals surface area (Å²) in [6.45, 7) is 0.923. The Labute approximate surface area is 185 Å². The first kappa shape index (κ1) is 22.0. The van der Waals surface area contributed by atoms with E-state index in [4.69, 9.17) is 31.2 Å². The van der Waals surface area contributed by atoms with Gasteiger partial charge in [0.05, 0.1) is 32.3 Å². The maximum atomic E-state index is 12.3. The zero-order valence-electron chi connectivity index (χ0n) is 17.0. The van der Waals surface area contributed by atoms with E-state index < -0.39 is 0 Å². The number of likely N-dealkylation sites (N-methyl/N-ethyl adjacent to an activating group) is 1. The molecule has 2 aromatic carbocycles. The smallest absolute Gasteiger partial charge is 0.265 e. The molecule has 0 atom stereocenters. The second kappa shape index (κ2) is 10.4. The minimum absolute atomic E-state index is 0.120. The van der Waals surface area contributed by atoms with Gasteiger partial charge < -0.3 is 18.9 Å². The molecule has 1 saturated heterocycles. The molecule has 0 aromatic heterocycles. The Balaban J connectivity index is 1.64. The van der Waals surface area contributed by atoms with Crippen molar-refractivity contribution in [3.05, 3.63) is 52.9 Å². The van der Waals surface area contributed by atoms with Gasteiger partial charge in [0.25, 0.3) is 5.91 Å². The number of carbonyl (C=O) groups is 1. The van der Waals surface area contributed by atoms with Crippen LogP contribution >= 0.6 is 24.0 Å². The molecule has 0 bridgehead atoms. The highest BCUT2D eigenvalue weighted by Gasteiger charge is 2.29. The van der Waals surface area contributed by atoms with Crippen LogP contribution in [0.4, 0.5) is 0 Å². The van der Waals surface area contributed by atoms with Crippen molar-refractivity contribution in [2.45, 2.75) is 6.42 Å². The monoisotopic (exact) mass is 445 g/mol. The van der Waals surface area contributed by atoms with E-state index in [-0.39, 0.29) is 5.91 Å². The van der Waals surface area contributed by atoms with Crippen LogP contribution in [0, 0.1) is 0 Å². The number of ether oxygens (including phenoxy) is 4. The Kier molecular flexibility index (Phi) is 7.59. The molecule has 1 aliphatic rings. The van der Waals surface area contributed by atoms with Crippen LogP contribution in [0.2, 0.25) is 0 Å². The lowest BCUT2D eigenvalue weighted by molar-refractivity contribution is -0.121. The van der Waals surface area contributed by atoms with Crippen molar-refractivity contribution in [2.75, 3.05) is 34.5 Å². The number of para-hydroxylation sites is 1. The fourth-order valence-electron chi connectivity index (χ4n) is 2.76. The van der Waals surface area contributed by atoms with Crippen molar-refractivity contribution in [1.29, 1.82) is 0 Å². The zero-order chi connectivity index (χ0) is 21.5. The van der Waals surface area contributed by atoms with Crippen LogP contribution in [0.3, 0.4) is 0 Å². The predicted octanol–water partition coefficient (Wildman–Crippen LogP) is 4.38. The molecule has 6 nitrogen and oxygen atoms in total. The highest BCUT2D eigenvalue weighted by atomic mass is 32.2. The fourth-order valence-corrected chi connectivity index (χ4v) is 3.93. The van der Waals surface area contributed by atoms with Gasteiger partial charge in [0.1, 0.15) is 15.8 Å². The highest BCUT2D eigenvalue weighted by Crippen LogP contribution is 2.37. The standard InChI is InChI=1S/C22H23NO5S2/c1-23-21(24)19(30-22(23)29)13-15-7-4-10-18(26-3)20(15)28-12-6-11-27-17-9-5-8-16(14-17)25-2/h4-5,7-10,13-14H,6,11-12H2,1-3H3/b19-13+. The molecule has 30 heavy (non-hydrogen) atoms. The molecule has 0 radical (unpaired) electrons. The maximum Gasteiger partial charge on any atom is 0.265 e. The number of benzene rings is 2. The summed E-state index contributed by atoms with van der Waals surface area (Å²) in [6.07, 6.45) is 2.46. The molecular formula is C22H23NO5S2. The second-order valence-corrected chi connectivity index (χ2v) is 8.02. The highest BCUT2D eigenvalue weighted by molar-refractivity contribution is 8.26. The minimum Gasteiger partial charge on any atom is -0.497 e. The van der Waals surface area contributed by atoms with E-state index in [1.165, 1.54) is 16.7 Å². The van der Waals surface area contributed by atoms with Gasteiger partial charge >= 0.3 is 0 Å². The van der Waals surface area contributed by atoms with Gasteiger partial charge in [-0.15, -0.1) is 0 Å². The Bertz CT molecular complexity index is 960. The Hall–Kier alpha value is -2.71. The van der Waals surface area contributed by atoms with Gasteiger partial charge in [-0.3, -0.25) is 9.69 Å². The van der Waals surface area contributed by atoms with E-state index in [1.54, 1.807) is 27.3 Å². The van der Waals surface area contributed by atoms with Crippen LogP contribution < -0.4 is 18.9 Å². The fraction of sp³-hybridized carbons (Fsp3) is 0.273. The molecule has 0 saturated carbocycles. The number of nitrogens with zero attached hydrogens (tertiary/aromatic N) is 1. The second-order valence-electron chi connectivity index (χ2n) is 6.35. The Morgan fingerprint density at radius 1 is 1.03 bits per heavy atom. The third-order valence-corrected chi connectivity index (χ3v) is 5.83. The van der Waals surface area contributed by atoms with Crippen molar-refractivity contribution in [2.24, 2.45) is 0 Å². The van der Waals surface area contributed by atoms with Crippen molar-refractivity contribution in [3.8, 4) is 23.0 Å². The number of rotatable bonds is 9. The van der Waals surface area contributed by atoms with Crippen LogP contribution in [-0.4, -0.2) is 49.6 Å². The average molecular weight is 446 g/mol. The van der Waals surface area contributed by atoms with E-state index >= 15 is 0 Å². The van der Waals surface area contributed by atoms with Crippen LogP contribution in [0.1, 0.15) is 12.0 Å². The van der Waals surface area contributed by atoms with Crippen LogP contribution in [-0.2, 0) is 4.79 Å². The first-order chi connectivity index (χ1) is 14.5. The molecule has 0 N–H and O–H groups in total. The first-order valence-electron chi connectivity index (χ1n) is 9.31. The predicted molar refractivity (Wildman–Crippen MR) is 123 cm³/mol. The molecule has 1 aliphatic heterocycles. The molecule has 8 heteroatoms. The van der Waals surface area contributed by atoms with E-state index in [9.17, 15) is 4.79 Å². The quantitative estimate of drug-likeness (QED) is 0.322. The number of thioether (sulfide) groups is 1. The van der Waals surface area contributed by atoms with Crippen LogP contribution in [0.5, 0.6) is 23.0 Å².